The molecule has 0 saturated carbocycles. The molecular weight excluding hydrogens is 366 g/mol. The van der Waals surface area contributed by atoms with Gasteiger partial charge in [-0.3, -0.25) is 4.79 Å². The van der Waals surface area contributed by atoms with Crippen LogP contribution in [-0.4, -0.2) is 56.9 Å². The van der Waals surface area contributed by atoms with Gasteiger partial charge in [-0.05, 0) is 43.2 Å². The number of aromatic nitrogens is 4. The highest BCUT2D eigenvalue weighted by atomic mass is 16.2. The number of carbonyl (C=O) groups is 1. The lowest BCUT2D eigenvalue weighted by atomic mass is 10.1. The average Bonchev–Trinajstić information content (AvgIpc) is 2.77. The molecule has 0 spiro atoms. The van der Waals surface area contributed by atoms with Gasteiger partial charge in [0, 0.05) is 50.5 Å². The van der Waals surface area contributed by atoms with Crippen molar-refractivity contribution >= 4 is 23.5 Å². The third-order valence-electron chi connectivity index (χ3n) is 5.13. The molecule has 1 saturated heterocycles. The zero-order valence-electron chi connectivity index (χ0n) is 16.5. The van der Waals surface area contributed by atoms with Crippen LogP contribution in [0.3, 0.4) is 0 Å². The number of amides is 1. The highest BCUT2D eigenvalue weighted by Gasteiger charge is 2.24. The van der Waals surface area contributed by atoms with Crippen LogP contribution < -0.4 is 10.2 Å². The molecule has 1 aliphatic heterocycles. The molecule has 1 amide bonds. The minimum Gasteiger partial charge on any atom is -0.337 e. The first-order chi connectivity index (χ1) is 14.1. The normalized spacial score (nSPS) is 14.0. The Bertz CT molecular complexity index is 1000. The van der Waals surface area contributed by atoms with Crippen molar-refractivity contribution in [2.45, 2.75) is 13.8 Å². The molecule has 0 bridgehead atoms. The summed E-state index contributed by atoms with van der Waals surface area (Å²) in [5.74, 6) is 1.02. The molecule has 1 N–H and O–H groups in total. The smallest absolute Gasteiger partial charge is 0.272 e. The van der Waals surface area contributed by atoms with E-state index >= 15 is 0 Å². The van der Waals surface area contributed by atoms with Gasteiger partial charge in [-0.25, -0.2) is 19.9 Å². The van der Waals surface area contributed by atoms with Crippen molar-refractivity contribution in [3.8, 4) is 0 Å². The highest BCUT2D eigenvalue weighted by molar-refractivity contribution is 5.92. The Morgan fingerprint density at radius 2 is 1.69 bits per heavy atom. The van der Waals surface area contributed by atoms with Crippen molar-refractivity contribution in [2.24, 2.45) is 0 Å². The molecule has 1 aromatic carbocycles. The molecule has 0 aliphatic carbocycles. The van der Waals surface area contributed by atoms with Gasteiger partial charge in [0.25, 0.3) is 5.91 Å². The maximum absolute atomic E-state index is 12.9. The lowest BCUT2D eigenvalue weighted by Crippen LogP contribution is -2.49. The molecular formula is C21H23N7O. The summed E-state index contributed by atoms with van der Waals surface area (Å²) in [4.78, 5) is 34.1. The molecule has 2 aromatic heterocycles. The van der Waals surface area contributed by atoms with Crippen LogP contribution in [0.2, 0.25) is 0 Å². The van der Waals surface area contributed by atoms with Crippen LogP contribution in [-0.2, 0) is 0 Å². The van der Waals surface area contributed by atoms with Crippen molar-refractivity contribution in [3.05, 3.63) is 65.7 Å². The Morgan fingerprint density at radius 1 is 0.931 bits per heavy atom. The number of hydrogen-bond acceptors (Lipinski definition) is 7. The Kier molecular flexibility index (Phi) is 5.33. The number of nitrogens with one attached hydrogen (secondary N) is 1. The van der Waals surface area contributed by atoms with Crippen molar-refractivity contribution in [1.29, 1.82) is 0 Å². The Labute approximate surface area is 169 Å². The van der Waals surface area contributed by atoms with Crippen LogP contribution in [0.4, 0.5) is 17.6 Å². The second kappa shape index (κ2) is 8.22. The van der Waals surface area contributed by atoms with Crippen LogP contribution in [0, 0.1) is 13.8 Å². The van der Waals surface area contributed by atoms with Crippen molar-refractivity contribution in [2.75, 3.05) is 36.4 Å². The predicted molar refractivity (Wildman–Crippen MR) is 111 cm³/mol. The summed E-state index contributed by atoms with van der Waals surface area (Å²) in [6.45, 7) is 6.68. The molecule has 0 unspecified atom stereocenters. The van der Waals surface area contributed by atoms with E-state index in [1.807, 2.05) is 24.0 Å². The van der Waals surface area contributed by atoms with E-state index in [-0.39, 0.29) is 5.91 Å². The molecule has 3 aromatic rings. The fourth-order valence-electron chi connectivity index (χ4n) is 3.27. The van der Waals surface area contributed by atoms with E-state index in [0.717, 1.165) is 11.3 Å². The number of aryl methyl sites for hydroxylation is 1. The molecule has 1 aliphatic rings. The number of piperazine rings is 1. The Hall–Kier alpha value is -3.55. The van der Waals surface area contributed by atoms with Crippen LogP contribution >= 0.6 is 0 Å². The van der Waals surface area contributed by atoms with E-state index in [0.29, 0.717) is 43.8 Å². The summed E-state index contributed by atoms with van der Waals surface area (Å²) in [6.07, 6.45) is 5.07. The van der Waals surface area contributed by atoms with Crippen molar-refractivity contribution in [3.63, 3.8) is 0 Å². The zero-order chi connectivity index (χ0) is 20.2. The van der Waals surface area contributed by atoms with Crippen molar-refractivity contribution < 1.29 is 4.79 Å². The summed E-state index contributed by atoms with van der Waals surface area (Å²) in [6, 6.07) is 9.47. The third kappa shape index (κ3) is 4.16. The van der Waals surface area contributed by atoms with Gasteiger partial charge in [0.15, 0.2) is 0 Å². The SMILES string of the molecule is Cc1cccc(Nc2nccc(C(=O)N3CCN(c4ncccn4)CC3)n2)c1C. The van der Waals surface area contributed by atoms with E-state index in [1.54, 1.807) is 30.7 Å². The van der Waals surface area contributed by atoms with Crippen LogP contribution in [0.25, 0.3) is 0 Å². The van der Waals surface area contributed by atoms with Gasteiger partial charge in [0.2, 0.25) is 11.9 Å². The minimum absolute atomic E-state index is 0.0926. The van der Waals surface area contributed by atoms with Crippen LogP contribution in [0.1, 0.15) is 21.6 Å². The van der Waals surface area contributed by atoms with E-state index in [4.69, 9.17) is 0 Å². The number of nitrogens with zero attached hydrogens (tertiary/aromatic N) is 6. The summed E-state index contributed by atoms with van der Waals surface area (Å²) < 4.78 is 0. The summed E-state index contributed by atoms with van der Waals surface area (Å²) in [5, 5.41) is 3.22. The van der Waals surface area contributed by atoms with Crippen molar-refractivity contribution in [1.82, 2.24) is 24.8 Å². The summed E-state index contributed by atoms with van der Waals surface area (Å²) in [5.41, 5.74) is 3.64. The molecule has 4 rings (SSSR count). The maximum atomic E-state index is 12.9. The third-order valence-corrected chi connectivity index (χ3v) is 5.13. The standard InChI is InChI=1S/C21H23N7O/c1-15-5-3-6-17(16(15)2)25-20-22-10-7-18(26-20)19(29)27-11-13-28(14-12-27)21-23-8-4-9-24-21/h3-10H,11-14H2,1-2H3,(H,22,25,26). The first kappa shape index (κ1) is 18.8. The van der Waals surface area contributed by atoms with E-state index in [2.05, 4.69) is 43.1 Å². The number of benzene rings is 1. The topological polar surface area (TPSA) is 87.1 Å². The fraction of sp³-hybridized carbons (Fsp3) is 0.286. The van der Waals surface area contributed by atoms with Gasteiger partial charge in [0.1, 0.15) is 5.69 Å². The van der Waals surface area contributed by atoms with Crippen LogP contribution in [0.5, 0.6) is 0 Å². The average molecular weight is 389 g/mol. The Balaban J connectivity index is 1.43. The molecule has 148 valence electrons. The largest absolute Gasteiger partial charge is 0.337 e. The molecule has 0 atom stereocenters. The lowest BCUT2D eigenvalue weighted by Gasteiger charge is -2.34. The maximum Gasteiger partial charge on any atom is 0.272 e. The molecule has 1 fully saturated rings. The highest BCUT2D eigenvalue weighted by Crippen LogP contribution is 2.21. The predicted octanol–water partition coefficient (Wildman–Crippen LogP) is 2.59. The lowest BCUT2D eigenvalue weighted by molar-refractivity contribution is 0.0740. The van der Waals surface area contributed by atoms with Crippen LogP contribution in [0.15, 0.2) is 48.9 Å². The van der Waals surface area contributed by atoms with Gasteiger partial charge < -0.3 is 15.1 Å². The fourth-order valence-corrected chi connectivity index (χ4v) is 3.27. The van der Waals surface area contributed by atoms with E-state index in [9.17, 15) is 4.79 Å². The van der Waals surface area contributed by atoms with Gasteiger partial charge >= 0.3 is 0 Å². The zero-order valence-corrected chi connectivity index (χ0v) is 16.5. The van der Waals surface area contributed by atoms with E-state index in [1.165, 1.54) is 5.56 Å². The second-order valence-corrected chi connectivity index (χ2v) is 6.97. The number of anilines is 3. The first-order valence-electron chi connectivity index (χ1n) is 9.59. The monoisotopic (exact) mass is 389 g/mol. The Morgan fingerprint density at radius 3 is 2.45 bits per heavy atom. The van der Waals surface area contributed by atoms with Gasteiger partial charge in [-0.2, -0.15) is 0 Å². The molecule has 29 heavy (non-hydrogen) atoms. The van der Waals surface area contributed by atoms with E-state index < -0.39 is 0 Å². The summed E-state index contributed by atoms with van der Waals surface area (Å²) >= 11 is 0. The molecule has 8 nitrogen and oxygen atoms in total. The number of carbonyl (C=O) groups excluding carboxylic acids is 1. The second-order valence-electron chi connectivity index (χ2n) is 6.97. The molecule has 8 heteroatoms. The van der Waals surface area contributed by atoms with Gasteiger partial charge in [0.05, 0.1) is 0 Å². The number of rotatable bonds is 4. The molecule has 3 heterocycles. The quantitative estimate of drug-likeness (QED) is 0.734. The molecule has 0 radical (unpaired) electrons. The first-order valence-corrected chi connectivity index (χ1v) is 9.59. The minimum atomic E-state index is -0.0926. The summed E-state index contributed by atoms with van der Waals surface area (Å²) in [7, 11) is 0. The van der Waals surface area contributed by atoms with Gasteiger partial charge in [-0.15, -0.1) is 0 Å². The van der Waals surface area contributed by atoms with Gasteiger partial charge in [-0.1, -0.05) is 12.1 Å². The number of hydrogen-bond donors (Lipinski definition) is 1.